The summed E-state index contributed by atoms with van der Waals surface area (Å²) in [7, 11) is 2.07. The summed E-state index contributed by atoms with van der Waals surface area (Å²) in [5, 5.41) is 2.41. The number of hydrogen-bond acceptors (Lipinski definition) is 4. The fourth-order valence-electron chi connectivity index (χ4n) is 2.14. The summed E-state index contributed by atoms with van der Waals surface area (Å²) >= 11 is 9.49. The SMILES string of the molecule is Cc1cc(Br)cc(Cl)c1OCC(=O)NN1CCN(C)CC1. The number of benzene rings is 1. The molecule has 5 nitrogen and oxygen atoms in total. The summed E-state index contributed by atoms with van der Waals surface area (Å²) in [5.41, 5.74) is 3.74. The second-order valence-corrected chi connectivity index (χ2v) is 6.47. The molecule has 116 valence electrons. The Labute approximate surface area is 138 Å². The van der Waals surface area contributed by atoms with E-state index < -0.39 is 0 Å². The lowest BCUT2D eigenvalue weighted by atomic mass is 10.2. The average molecular weight is 377 g/mol. The van der Waals surface area contributed by atoms with E-state index in [0.717, 1.165) is 36.2 Å². The van der Waals surface area contributed by atoms with Gasteiger partial charge in [-0.3, -0.25) is 10.2 Å². The minimum atomic E-state index is -0.169. The van der Waals surface area contributed by atoms with Crippen LogP contribution in [0.2, 0.25) is 5.02 Å². The molecule has 0 spiro atoms. The molecule has 0 aromatic heterocycles. The average Bonchev–Trinajstić information content (AvgIpc) is 2.40. The van der Waals surface area contributed by atoms with Gasteiger partial charge in [0.1, 0.15) is 5.75 Å². The van der Waals surface area contributed by atoms with E-state index in [0.29, 0.717) is 10.8 Å². The molecule has 0 atom stereocenters. The van der Waals surface area contributed by atoms with Gasteiger partial charge in [-0.1, -0.05) is 27.5 Å². The van der Waals surface area contributed by atoms with Crippen molar-refractivity contribution in [1.82, 2.24) is 15.3 Å². The van der Waals surface area contributed by atoms with E-state index in [1.807, 2.05) is 18.0 Å². The molecule has 0 saturated carbocycles. The molecule has 0 unspecified atom stereocenters. The van der Waals surface area contributed by atoms with Gasteiger partial charge in [0.2, 0.25) is 0 Å². The highest BCUT2D eigenvalue weighted by atomic mass is 79.9. The maximum atomic E-state index is 11.9. The van der Waals surface area contributed by atoms with Crippen molar-refractivity contribution in [3.05, 3.63) is 27.2 Å². The number of hydrazine groups is 1. The van der Waals surface area contributed by atoms with Gasteiger partial charge in [0, 0.05) is 30.7 Å². The second-order valence-electron chi connectivity index (χ2n) is 5.15. The topological polar surface area (TPSA) is 44.8 Å². The molecule has 0 aliphatic carbocycles. The normalized spacial score (nSPS) is 16.8. The zero-order valence-corrected chi connectivity index (χ0v) is 14.5. The maximum absolute atomic E-state index is 11.9. The number of piperazine rings is 1. The molecule has 1 amide bonds. The Morgan fingerprint density at radius 3 is 2.67 bits per heavy atom. The van der Waals surface area contributed by atoms with Gasteiger partial charge in [0.25, 0.3) is 5.91 Å². The number of rotatable bonds is 4. The Balaban J connectivity index is 1.84. The minimum absolute atomic E-state index is 0.0471. The van der Waals surface area contributed by atoms with E-state index in [2.05, 4.69) is 33.3 Å². The Morgan fingerprint density at radius 2 is 2.05 bits per heavy atom. The van der Waals surface area contributed by atoms with Gasteiger partial charge < -0.3 is 9.64 Å². The molecule has 1 aliphatic rings. The first-order valence-corrected chi connectivity index (χ1v) is 7.94. The molecule has 0 bridgehead atoms. The number of nitrogens with zero attached hydrogens (tertiary/aromatic N) is 2. The van der Waals surface area contributed by atoms with E-state index in [1.54, 1.807) is 6.07 Å². The van der Waals surface area contributed by atoms with Gasteiger partial charge in [-0.05, 0) is 31.7 Å². The molecule has 0 radical (unpaired) electrons. The number of nitrogens with one attached hydrogen (secondary N) is 1. The first-order valence-electron chi connectivity index (χ1n) is 6.77. The third-order valence-electron chi connectivity index (χ3n) is 3.33. The summed E-state index contributed by atoms with van der Waals surface area (Å²) < 4.78 is 6.43. The van der Waals surface area contributed by atoms with Gasteiger partial charge in [0.15, 0.2) is 6.61 Å². The molecule has 1 heterocycles. The Morgan fingerprint density at radius 1 is 1.38 bits per heavy atom. The van der Waals surface area contributed by atoms with Gasteiger partial charge in [-0.2, -0.15) is 0 Å². The number of aryl methyl sites for hydroxylation is 1. The van der Waals surface area contributed by atoms with Crippen molar-refractivity contribution in [3.63, 3.8) is 0 Å². The standard InChI is InChI=1S/C14H19BrClN3O2/c1-10-7-11(15)8-12(16)14(10)21-9-13(20)17-19-5-3-18(2)4-6-19/h7-8H,3-6,9H2,1-2H3,(H,17,20). The lowest BCUT2D eigenvalue weighted by Gasteiger charge is -2.32. The summed E-state index contributed by atoms with van der Waals surface area (Å²) in [6.45, 7) is 5.37. The number of amides is 1. The smallest absolute Gasteiger partial charge is 0.272 e. The highest BCUT2D eigenvalue weighted by Crippen LogP contribution is 2.31. The summed E-state index contributed by atoms with van der Waals surface area (Å²) in [4.78, 5) is 14.1. The van der Waals surface area contributed by atoms with Crippen LogP contribution in [0.15, 0.2) is 16.6 Å². The fourth-order valence-corrected chi connectivity index (χ4v) is 3.16. The van der Waals surface area contributed by atoms with Crippen molar-refractivity contribution >= 4 is 33.4 Å². The minimum Gasteiger partial charge on any atom is -0.482 e. The highest BCUT2D eigenvalue weighted by molar-refractivity contribution is 9.10. The highest BCUT2D eigenvalue weighted by Gasteiger charge is 2.16. The molecular weight excluding hydrogens is 358 g/mol. The van der Waals surface area contributed by atoms with Crippen LogP contribution < -0.4 is 10.2 Å². The number of ether oxygens (including phenoxy) is 1. The zero-order chi connectivity index (χ0) is 15.4. The van der Waals surface area contributed by atoms with Crippen molar-refractivity contribution in [2.24, 2.45) is 0 Å². The summed E-state index contributed by atoms with van der Waals surface area (Å²) in [6.07, 6.45) is 0. The first-order chi connectivity index (χ1) is 9.95. The summed E-state index contributed by atoms with van der Waals surface area (Å²) in [6, 6.07) is 3.65. The third kappa shape index (κ3) is 4.85. The van der Waals surface area contributed by atoms with Crippen molar-refractivity contribution in [2.75, 3.05) is 39.8 Å². The first kappa shape index (κ1) is 16.5. The molecular formula is C14H19BrClN3O2. The van der Waals surface area contributed by atoms with E-state index in [1.165, 1.54) is 0 Å². The van der Waals surface area contributed by atoms with Crippen molar-refractivity contribution in [2.45, 2.75) is 6.92 Å². The van der Waals surface area contributed by atoms with Gasteiger partial charge in [0.05, 0.1) is 5.02 Å². The fraction of sp³-hybridized carbons (Fsp3) is 0.500. The van der Waals surface area contributed by atoms with Crippen LogP contribution in [-0.2, 0) is 4.79 Å². The van der Waals surface area contributed by atoms with Gasteiger partial charge >= 0.3 is 0 Å². The van der Waals surface area contributed by atoms with Gasteiger partial charge in [-0.15, -0.1) is 0 Å². The second kappa shape index (κ2) is 7.45. The maximum Gasteiger partial charge on any atom is 0.272 e. The lowest BCUT2D eigenvalue weighted by Crippen LogP contribution is -2.53. The molecule has 7 heteroatoms. The quantitative estimate of drug-likeness (QED) is 0.874. The predicted octanol–water partition coefficient (Wildman–Crippen LogP) is 2.07. The van der Waals surface area contributed by atoms with E-state index >= 15 is 0 Å². The number of carbonyl (C=O) groups is 1. The van der Waals surface area contributed by atoms with Crippen LogP contribution in [0, 0.1) is 6.92 Å². The van der Waals surface area contributed by atoms with Crippen LogP contribution in [0.4, 0.5) is 0 Å². The molecule has 1 aliphatic heterocycles. The van der Waals surface area contributed by atoms with Gasteiger partial charge in [-0.25, -0.2) is 5.01 Å². The van der Waals surface area contributed by atoms with Crippen LogP contribution in [0.25, 0.3) is 0 Å². The van der Waals surface area contributed by atoms with Crippen molar-refractivity contribution < 1.29 is 9.53 Å². The Kier molecular flexibility index (Phi) is 5.87. The molecule has 2 rings (SSSR count). The number of hydrogen-bond donors (Lipinski definition) is 1. The Hall–Kier alpha value is -0.820. The van der Waals surface area contributed by atoms with E-state index in [9.17, 15) is 4.79 Å². The number of halogens is 2. The Bertz CT molecular complexity index is 496. The molecule has 1 fully saturated rings. The summed E-state index contributed by atoms with van der Waals surface area (Å²) in [5.74, 6) is 0.381. The number of likely N-dealkylation sites (N-methyl/N-ethyl adjacent to an activating group) is 1. The van der Waals surface area contributed by atoms with Crippen LogP contribution in [0.1, 0.15) is 5.56 Å². The monoisotopic (exact) mass is 375 g/mol. The molecule has 1 aromatic rings. The molecule has 1 N–H and O–H groups in total. The van der Waals surface area contributed by atoms with E-state index in [-0.39, 0.29) is 12.5 Å². The molecule has 1 saturated heterocycles. The van der Waals surface area contributed by atoms with Crippen LogP contribution in [0.5, 0.6) is 5.75 Å². The molecule has 21 heavy (non-hydrogen) atoms. The van der Waals surface area contributed by atoms with Crippen molar-refractivity contribution in [3.8, 4) is 5.75 Å². The van der Waals surface area contributed by atoms with Crippen molar-refractivity contribution in [1.29, 1.82) is 0 Å². The lowest BCUT2D eigenvalue weighted by molar-refractivity contribution is -0.128. The van der Waals surface area contributed by atoms with E-state index in [4.69, 9.17) is 16.3 Å². The third-order valence-corrected chi connectivity index (χ3v) is 4.07. The van der Waals surface area contributed by atoms with Crippen LogP contribution in [0.3, 0.4) is 0 Å². The molecule has 1 aromatic carbocycles. The zero-order valence-electron chi connectivity index (χ0n) is 12.2. The predicted molar refractivity (Wildman–Crippen MR) is 86.6 cm³/mol. The number of carbonyl (C=O) groups excluding carboxylic acids is 1. The largest absolute Gasteiger partial charge is 0.482 e. The van der Waals surface area contributed by atoms with Crippen LogP contribution >= 0.6 is 27.5 Å². The van der Waals surface area contributed by atoms with Crippen LogP contribution in [-0.4, -0.2) is 55.6 Å².